The number of aromatic nitrogens is 4. The monoisotopic (exact) mass is 279 g/mol. The molecule has 0 atom stereocenters. The van der Waals surface area contributed by atoms with Gasteiger partial charge in [-0.1, -0.05) is 13.3 Å². The second-order valence-electron chi connectivity index (χ2n) is 4.92. The van der Waals surface area contributed by atoms with Gasteiger partial charge in [0.15, 0.2) is 11.2 Å². The molecule has 0 saturated carbocycles. The minimum atomic E-state index is -0.320. The van der Waals surface area contributed by atoms with Crippen molar-refractivity contribution in [1.82, 2.24) is 18.7 Å². The van der Waals surface area contributed by atoms with Gasteiger partial charge in [-0.2, -0.15) is 0 Å². The minimum Gasteiger partial charge on any atom is -0.329 e. The molecule has 0 aliphatic heterocycles. The Morgan fingerprint density at radius 1 is 1.20 bits per heavy atom. The summed E-state index contributed by atoms with van der Waals surface area (Å²) in [5, 5.41) is 0. The number of aryl methyl sites for hydroxylation is 3. The Labute approximate surface area is 116 Å². The van der Waals surface area contributed by atoms with Crippen LogP contribution < -0.4 is 17.0 Å². The first-order valence-electron chi connectivity index (χ1n) is 6.89. The van der Waals surface area contributed by atoms with Crippen molar-refractivity contribution in [3.05, 3.63) is 26.7 Å². The van der Waals surface area contributed by atoms with E-state index in [1.807, 2.05) is 6.92 Å². The molecule has 110 valence electrons. The lowest BCUT2D eigenvalue weighted by atomic mass is 10.3. The number of fused-ring (bicyclic) bond motifs is 1. The lowest BCUT2D eigenvalue weighted by Crippen LogP contribution is -2.42. The first-order chi connectivity index (χ1) is 9.52. The predicted molar refractivity (Wildman–Crippen MR) is 77.9 cm³/mol. The number of imidazole rings is 1. The molecule has 0 unspecified atom stereocenters. The first-order valence-corrected chi connectivity index (χ1v) is 6.89. The maximum Gasteiger partial charge on any atom is 0.332 e. The SMILES string of the molecule is CCCCn1c(=O)n(CCN)c(=O)c2c1nc(C)n2C. The molecule has 0 bridgehead atoms. The molecule has 0 fully saturated rings. The van der Waals surface area contributed by atoms with Gasteiger partial charge in [0.25, 0.3) is 5.56 Å². The maximum atomic E-state index is 12.4. The van der Waals surface area contributed by atoms with Crippen molar-refractivity contribution in [2.45, 2.75) is 39.8 Å². The number of hydrogen-bond donors (Lipinski definition) is 1. The third-order valence-corrected chi connectivity index (χ3v) is 3.55. The Hall–Kier alpha value is -1.89. The van der Waals surface area contributed by atoms with Crippen LogP contribution >= 0.6 is 0 Å². The molecule has 0 aliphatic carbocycles. The van der Waals surface area contributed by atoms with Gasteiger partial charge in [-0.3, -0.25) is 13.9 Å². The van der Waals surface area contributed by atoms with Crippen LogP contribution in [0.1, 0.15) is 25.6 Å². The lowest BCUT2D eigenvalue weighted by Gasteiger charge is -2.10. The van der Waals surface area contributed by atoms with Crippen LogP contribution in [0.4, 0.5) is 0 Å². The Kier molecular flexibility index (Phi) is 4.08. The molecule has 2 aromatic heterocycles. The molecule has 0 aromatic carbocycles. The summed E-state index contributed by atoms with van der Waals surface area (Å²) < 4.78 is 4.52. The van der Waals surface area contributed by atoms with E-state index in [0.717, 1.165) is 12.8 Å². The zero-order valence-electron chi connectivity index (χ0n) is 12.2. The molecule has 0 radical (unpaired) electrons. The van der Waals surface area contributed by atoms with E-state index in [1.165, 1.54) is 4.57 Å². The first kappa shape index (κ1) is 14.5. The number of nitrogens with two attached hydrogens (primary N) is 1. The average molecular weight is 279 g/mol. The van der Waals surface area contributed by atoms with Crippen LogP contribution in [0.25, 0.3) is 11.2 Å². The van der Waals surface area contributed by atoms with Crippen molar-refractivity contribution < 1.29 is 0 Å². The molecule has 20 heavy (non-hydrogen) atoms. The lowest BCUT2D eigenvalue weighted by molar-refractivity contribution is 0.551. The number of unbranched alkanes of at least 4 members (excludes halogenated alkanes) is 1. The van der Waals surface area contributed by atoms with Crippen LogP contribution in [-0.2, 0) is 20.1 Å². The Bertz CT molecular complexity index is 738. The summed E-state index contributed by atoms with van der Waals surface area (Å²) in [4.78, 5) is 29.2. The van der Waals surface area contributed by atoms with Gasteiger partial charge in [-0.25, -0.2) is 9.78 Å². The summed E-state index contributed by atoms with van der Waals surface area (Å²) in [5.41, 5.74) is 5.81. The summed E-state index contributed by atoms with van der Waals surface area (Å²) in [6.45, 7) is 4.92. The number of nitrogens with zero attached hydrogens (tertiary/aromatic N) is 4. The molecule has 2 heterocycles. The van der Waals surface area contributed by atoms with Gasteiger partial charge in [0, 0.05) is 26.7 Å². The molecule has 0 saturated heterocycles. The van der Waals surface area contributed by atoms with Crippen LogP contribution in [0.2, 0.25) is 0 Å². The molecule has 0 spiro atoms. The summed E-state index contributed by atoms with van der Waals surface area (Å²) in [7, 11) is 1.79. The van der Waals surface area contributed by atoms with Crippen molar-refractivity contribution in [2.24, 2.45) is 12.8 Å². The minimum absolute atomic E-state index is 0.226. The predicted octanol–water partition coefficient (Wildman–Crippen LogP) is -0.0361. The third-order valence-electron chi connectivity index (χ3n) is 3.55. The van der Waals surface area contributed by atoms with Crippen molar-refractivity contribution >= 4 is 11.2 Å². The standard InChI is InChI=1S/C13H21N5O2/c1-4-5-7-17-11-10(16(3)9(2)15-11)12(19)18(8-6-14)13(17)20/h4-8,14H2,1-3H3. The second kappa shape index (κ2) is 5.62. The fourth-order valence-electron chi connectivity index (χ4n) is 2.32. The summed E-state index contributed by atoms with van der Waals surface area (Å²) in [6, 6.07) is 0. The molecular formula is C13H21N5O2. The zero-order chi connectivity index (χ0) is 14.9. The topological polar surface area (TPSA) is 87.8 Å². The molecule has 2 aromatic rings. The van der Waals surface area contributed by atoms with E-state index >= 15 is 0 Å². The van der Waals surface area contributed by atoms with Crippen LogP contribution in [-0.4, -0.2) is 25.2 Å². The fraction of sp³-hybridized carbons (Fsp3) is 0.615. The summed E-state index contributed by atoms with van der Waals surface area (Å²) in [5.74, 6) is 0.715. The largest absolute Gasteiger partial charge is 0.332 e. The van der Waals surface area contributed by atoms with Crippen LogP contribution in [0.15, 0.2) is 9.59 Å². The average Bonchev–Trinajstić information content (AvgIpc) is 2.71. The summed E-state index contributed by atoms with van der Waals surface area (Å²) >= 11 is 0. The summed E-state index contributed by atoms with van der Waals surface area (Å²) in [6.07, 6.45) is 1.83. The van der Waals surface area contributed by atoms with E-state index in [0.29, 0.717) is 23.5 Å². The smallest absolute Gasteiger partial charge is 0.329 e. The van der Waals surface area contributed by atoms with Gasteiger partial charge in [-0.15, -0.1) is 0 Å². The van der Waals surface area contributed by atoms with E-state index in [1.54, 1.807) is 16.2 Å². The highest BCUT2D eigenvalue weighted by atomic mass is 16.2. The Morgan fingerprint density at radius 2 is 1.90 bits per heavy atom. The van der Waals surface area contributed by atoms with Crippen LogP contribution in [0.3, 0.4) is 0 Å². The van der Waals surface area contributed by atoms with E-state index in [-0.39, 0.29) is 24.3 Å². The second-order valence-corrected chi connectivity index (χ2v) is 4.92. The van der Waals surface area contributed by atoms with Gasteiger partial charge >= 0.3 is 5.69 Å². The van der Waals surface area contributed by atoms with Gasteiger partial charge in [0.05, 0.1) is 0 Å². The molecule has 2 N–H and O–H groups in total. The van der Waals surface area contributed by atoms with Gasteiger partial charge < -0.3 is 10.3 Å². The van der Waals surface area contributed by atoms with Crippen molar-refractivity contribution in [1.29, 1.82) is 0 Å². The highest BCUT2D eigenvalue weighted by Crippen LogP contribution is 2.09. The molecule has 2 rings (SSSR count). The van der Waals surface area contributed by atoms with E-state index in [9.17, 15) is 9.59 Å². The van der Waals surface area contributed by atoms with Gasteiger partial charge in [0.1, 0.15) is 5.82 Å². The highest BCUT2D eigenvalue weighted by Gasteiger charge is 2.17. The molecular weight excluding hydrogens is 258 g/mol. The third kappa shape index (κ3) is 2.18. The normalized spacial score (nSPS) is 11.4. The Morgan fingerprint density at radius 3 is 2.50 bits per heavy atom. The van der Waals surface area contributed by atoms with Gasteiger partial charge in [0.2, 0.25) is 0 Å². The Balaban J connectivity index is 2.84. The van der Waals surface area contributed by atoms with Gasteiger partial charge in [-0.05, 0) is 13.3 Å². The quantitative estimate of drug-likeness (QED) is 0.832. The fourth-order valence-corrected chi connectivity index (χ4v) is 2.32. The van der Waals surface area contributed by atoms with Crippen LogP contribution in [0.5, 0.6) is 0 Å². The van der Waals surface area contributed by atoms with E-state index < -0.39 is 0 Å². The molecule has 7 heteroatoms. The van der Waals surface area contributed by atoms with Crippen molar-refractivity contribution in [2.75, 3.05) is 6.54 Å². The number of hydrogen-bond acceptors (Lipinski definition) is 4. The molecule has 7 nitrogen and oxygen atoms in total. The molecule has 0 amide bonds. The van der Waals surface area contributed by atoms with E-state index in [2.05, 4.69) is 11.9 Å². The van der Waals surface area contributed by atoms with Crippen molar-refractivity contribution in [3.63, 3.8) is 0 Å². The number of rotatable bonds is 5. The molecule has 0 aliphatic rings. The zero-order valence-corrected chi connectivity index (χ0v) is 12.2. The van der Waals surface area contributed by atoms with Crippen LogP contribution in [0, 0.1) is 6.92 Å². The van der Waals surface area contributed by atoms with Crippen molar-refractivity contribution in [3.8, 4) is 0 Å². The highest BCUT2D eigenvalue weighted by molar-refractivity contribution is 5.70. The van der Waals surface area contributed by atoms with E-state index in [4.69, 9.17) is 5.73 Å². The maximum absolute atomic E-state index is 12.4.